The highest BCUT2D eigenvalue weighted by Gasteiger charge is 2.15. The van der Waals surface area contributed by atoms with Crippen molar-refractivity contribution in [1.29, 1.82) is 0 Å². The lowest BCUT2D eigenvalue weighted by Crippen LogP contribution is -2.13. The number of hydrogen-bond donors (Lipinski definition) is 2. The van der Waals surface area contributed by atoms with Gasteiger partial charge in [0.2, 0.25) is 5.91 Å². The summed E-state index contributed by atoms with van der Waals surface area (Å²) < 4.78 is 37.2. The molecule has 30 heavy (non-hydrogen) atoms. The summed E-state index contributed by atoms with van der Waals surface area (Å²) in [6.07, 6.45) is 4.56. The quantitative estimate of drug-likeness (QED) is 0.385. The maximum absolute atomic E-state index is 12.3. The first kappa shape index (κ1) is 21.5. The second-order valence-electron chi connectivity index (χ2n) is 5.91. The number of thiazole rings is 1. The van der Waals surface area contributed by atoms with Crippen molar-refractivity contribution in [3.05, 3.63) is 71.7 Å². The minimum absolute atomic E-state index is 0.0713. The summed E-state index contributed by atoms with van der Waals surface area (Å²) in [7, 11) is -2.19. The number of sulfonamides is 1. The minimum Gasteiger partial charge on any atom is -0.468 e. The molecule has 0 atom stereocenters. The Labute approximate surface area is 178 Å². The molecular formula is C20H19N3O5S2. The maximum Gasteiger partial charge on any atom is 0.263 e. The zero-order valence-electron chi connectivity index (χ0n) is 15.9. The summed E-state index contributed by atoms with van der Waals surface area (Å²) in [5.74, 6) is 0.323. The number of ether oxygens (including phenoxy) is 2. The van der Waals surface area contributed by atoms with E-state index in [0.717, 1.165) is 5.56 Å². The maximum atomic E-state index is 12.3. The predicted octanol–water partition coefficient (Wildman–Crippen LogP) is 3.58. The van der Waals surface area contributed by atoms with E-state index in [-0.39, 0.29) is 22.7 Å². The molecule has 1 heterocycles. The lowest BCUT2D eigenvalue weighted by molar-refractivity contribution is -0.111. The van der Waals surface area contributed by atoms with E-state index in [1.54, 1.807) is 30.7 Å². The van der Waals surface area contributed by atoms with Gasteiger partial charge in [0, 0.05) is 30.5 Å². The molecule has 0 spiro atoms. The van der Waals surface area contributed by atoms with Crippen LogP contribution < -0.4 is 14.8 Å². The highest BCUT2D eigenvalue weighted by molar-refractivity contribution is 7.93. The summed E-state index contributed by atoms with van der Waals surface area (Å²) in [6.45, 7) is 0.165. The van der Waals surface area contributed by atoms with Gasteiger partial charge in [-0.2, -0.15) is 0 Å². The largest absolute Gasteiger partial charge is 0.468 e. The fourth-order valence-corrected chi connectivity index (χ4v) is 4.11. The number of hydrogen-bond acceptors (Lipinski definition) is 7. The number of carbonyl (C=O) groups excluding carboxylic acids is 1. The molecule has 0 radical (unpaired) electrons. The molecule has 10 heteroatoms. The summed E-state index contributed by atoms with van der Waals surface area (Å²) in [5.41, 5.74) is 1.30. The molecule has 0 aliphatic rings. The molecular weight excluding hydrogens is 426 g/mol. The van der Waals surface area contributed by atoms with Gasteiger partial charge in [0.15, 0.2) is 11.9 Å². The molecule has 8 nitrogen and oxygen atoms in total. The Morgan fingerprint density at radius 3 is 2.50 bits per heavy atom. The Morgan fingerprint density at radius 2 is 1.87 bits per heavy atom. The molecule has 1 aromatic heterocycles. The van der Waals surface area contributed by atoms with Crippen molar-refractivity contribution in [3.63, 3.8) is 0 Å². The molecule has 0 fully saturated rings. The smallest absolute Gasteiger partial charge is 0.263 e. The Morgan fingerprint density at radius 1 is 1.13 bits per heavy atom. The highest BCUT2D eigenvalue weighted by Crippen LogP contribution is 2.19. The second kappa shape index (κ2) is 10.0. The van der Waals surface area contributed by atoms with Crippen molar-refractivity contribution < 1.29 is 22.7 Å². The Balaban J connectivity index is 1.57. The van der Waals surface area contributed by atoms with E-state index in [9.17, 15) is 13.2 Å². The molecule has 0 aliphatic carbocycles. The highest BCUT2D eigenvalue weighted by atomic mass is 32.2. The minimum atomic E-state index is -3.73. The molecule has 1 amide bonds. The van der Waals surface area contributed by atoms with Crippen molar-refractivity contribution >= 4 is 44.2 Å². The van der Waals surface area contributed by atoms with Crippen LogP contribution in [0.3, 0.4) is 0 Å². The fourth-order valence-electron chi connectivity index (χ4n) is 2.32. The number of nitrogens with one attached hydrogen (secondary N) is 2. The van der Waals surface area contributed by atoms with Crippen LogP contribution in [0.25, 0.3) is 6.08 Å². The third-order valence-corrected chi connectivity index (χ3v) is 5.91. The lowest BCUT2D eigenvalue weighted by Gasteiger charge is -2.07. The van der Waals surface area contributed by atoms with Gasteiger partial charge in [-0.1, -0.05) is 12.1 Å². The van der Waals surface area contributed by atoms with Gasteiger partial charge in [-0.3, -0.25) is 9.52 Å². The molecule has 0 bridgehead atoms. The number of methoxy groups -OCH3 is 1. The zero-order chi connectivity index (χ0) is 21.4. The van der Waals surface area contributed by atoms with Crippen molar-refractivity contribution in [3.8, 4) is 5.75 Å². The second-order valence-corrected chi connectivity index (χ2v) is 8.49. The van der Waals surface area contributed by atoms with Gasteiger partial charge in [-0.05, 0) is 48.0 Å². The summed E-state index contributed by atoms with van der Waals surface area (Å²) in [6, 6.07) is 13.0. The Kier molecular flexibility index (Phi) is 7.17. The van der Waals surface area contributed by atoms with Crippen LogP contribution >= 0.6 is 11.3 Å². The number of nitrogens with zero attached hydrogens (tertiary/aromatic N) is 1. The number of carbonyl (C=O) groups is 1. The van der Waals surface area contributed by atoms with Gasteiger partial charge in [0.25, 0.3) is 10.0 Å². The first-order chi connectivity index (χ1) is 14.5. The summed E-state index contributed by atoms with van der Waals surface area (Å²) in [4.78, 5) is 16.1. The van der Waals surface area contributed by atoms with Crippen LogP contribution in [0.15, 0.2) is 71.1 Å². The standard InChI is InChI=1S/C20H19N3O5S2/c1-27-14-28-17-7-2-15(3-8-17)4-11-19(24)22-16-5-9-18(10-6-16)30(25,26)23-20-21-12-13-29-20/h2-13H,14H2,1H3,(H,21,23)(H,22,24)/b11-4+. The Bertz CT molecular complexity index is 1090. The molecule has 0 aliphatic heterocycles. The third kappa shape index (κ3) is 6.14. The van der Waals surface area contributed by atoms with E-state index in [4.69, 9.17) is 9.47 Å². The summed E-state index contributed by atoms with van der Waals surface area (Å²) >= 11 is 1.19. The van der Waals surface area contributed by atoms with E-state index < -0.39 is 10.0 Å². The lowest BCUT2D eigenvalue weighted by atomic mass is 10.2. The van der Waals surface area contributed by atoms with Crippen LogP contribution in [-0.2, 0) is 19.6 Å². The monoisotopic (exact) mass is 445 g/mol. The molecule has 0 saturated carbocycles. The van der Waals surface area contributed by atoms with Crippen LogP contribution in [-0.4, -0.2) is 33.2 Å². The molecule has 2 N–H and O–H groups in total. The number of benzene rings is 2. The van der Waals surface area contributed by atoms with Crippen molar-refractivity contribution in [1.82, 2.24) is 4.98 Å². The van der Waals surface area contributed by atoms with Crippen LogP contribution in [0.5, 0.6) is 5.75 Å². The first-order valence-corrected chi connectivity index (χ1v) is 11.1. The number of anilines is 2. The SMILES string of the molecule is COCOc1ccc(/C=C/C(=O)Nc2ccc(S(=O)(=O)Nc3nccs3)cc2)cc1. The van der Waals surface area contributed by atoms with E-state index in [0.29, 0.717) is 11.4 Å². The first-order valence-electron chi connectivity index (χ1n) is 8.69. The predicted molar refractivity (Wildman–Crippen MR) is 116 cm³/mol. The molecule has 156 valence electrons. The van der Waals surface area contributed by atoms with Crippen LogP contribution in [0.1, 0.15) is 5.56 Å². The van der Waals surface area contributed by atoms with Gasteiger partial charge < -0.3 is 14.8 Å². The van der Waals surface area contributed by atoms with Crippen LogP contribution in [0.4, 0.5) is 10.8 Å². The molecule has 0 unspecified atom stereocenters. The number of aromatic nitrogens is 1. The van der Waals surface area contributed by atoms with Crippen molar-refractivity contribution in [2.75, 3.05) is 23.9 Å². The summed E-state index contributed by atoms with van der Waals surface area (Å²) in [5, 5.41) is 4.65. The Hall–Kier alpha value is -3.21. The van der Waals surface area contributed by atoms with Crippen molar-refractivity contribution in [2.24, 2.45) is 0 Å². The topological polar surface area (TPSA) is 107 Å². The third-order valence-electron chi connectivity index (χ3n) is 3.74. The number of amides is 1. The molecule has 0 saturated heterocycles. The van der Waals surface area contributed by atoms with Crippen LogP contribution in [0.2, 0.25) is 0 Å². The number of rotatable bonds is 9. The van der Waals surface area contributed by atoms with Gasteiger partial charge >= 0.3 is 0 Å². The van der Waals surface area contributed by atoms with E-state index in [1.807, 2.05) is 12.1 Å². The normalized spacial score (nSPS) is 11.4. The van der Waals surface area contributed by atoms with Gasteiger partial charge in [-0.25, -0.2) is 13.4 Å². The molecule has 3 aromatic rings. The molecule has 2 aromatic carbocycles. The average Bonchev–Trinajstić information content (AvgIpc) is 3.24. The molecule has 3 rings (SSSR count). The average molecular weight is 446 g/mol. The van der Waals surface area contributed by atoms with Gasteiger partial charge in [-0.15, -0.1) is 11.3 Å². The van der Waals surface area contributed by atoms with Gasteiger partial charge in [0.1, 0.15) is 5.75 Å². The fraction of sp³-hybridized carbons (Fsp3) is 0.100. The zero-order valence-corrected chi connectivity index (χ0v) is 17.6. The van der Waals surface area contributed by atoms with E-state index in [1.165, 1.54) is 47.9 Å². The van der Waals surface area contributed by atoms with Crippen LogP contribution in [0, 0.1) is 0 Å². The van der Waals surface area contributed by atoms with Gasteiger partial charge in [0.05, 0.1) is 4.90 Å². The van der Waals surface area contributed by atoms with E-state index in [2.05, 4.69) is 15.0 Å². The van der Waals surface area contributed by atoms with E-state index >= 15 is 0 Å². The van der Waals surface area contributed by atoms with Crippen molar-refractivity contribution in [2.45, 2.75) is 4.90 Å².